The van der Waals surface area contributed by atoms with Crippen molar-refractivity contribution in [3.05, 3.63) is 65.2 Å². The number of carbonyl (C=O) groups is 1. The summed E-state index contributed by atoms with van der Waals surface area (Å²) in [5, 5.41) is 2.98. The van der Waals surface area contributed by atoms with Crippen LogP contribution in [0.15, 0.2) is 48.5 Å². The number of nitrogens with zero attached hydrogens (tertiary/aromatic N) is 1. The van der Waals surface area contributed by atoms with E-state index in [1.54, 1.807) is 0 Å². The molecule has 6 heteroatoms. The van der Waals surface area contributed by atoms with Gasteiger partial charge in [-0.1, -0.05) is 42.5 Å². The fourth-order valence-corrected chi connectivity index (χ4v) is 5.87. The van der Waals surface area contributed by atoms with Gasteiger partial charge in [-0.05, 0) is 31.3 Å². The third-order valence-electron chi connectivity index (χ3n) is 4.23. The van der Waals surface area contributed by atoms with E-state index < -0.39 is 0 Å². The molecule has 1 saturated heterocycles. The average molecular weight is 403 g/mol. The molecule has 0 spiro atoms. The molecule has 1 heterocycles. The van der Waals surface area contributed by atoms with E-state index >= 15 is 0 Å². The summed E-state index contributed by atoms with van der Waals surface area (Å²) in [4.78, 5) is 14.4. The van der Waals surface area contributed by atoms with Crippen LogP contribution in [0.4, 0.5) is 0 Å². The van der Waals surface area contributed by atoms with Gasteiger partial charge in [-0.3, -0.25) is 4.79 Å². The summed E-state index contributed by atoms with van der Waals surface area (Å²) in [6.45, 7) is 1.41. The Morgan fingerprint density at radius 3 is 2.48 bits per heavy atom. The molecule has 1 fully saturated rings. The van der Waals surface area contributed by atoms with Crippen LogP contribution in [0.1, 0.15) is 21.3 Å². The number of para-hydroxylation sites is 1. The van der Waals surface area contributed by atoms with E-state index in [2.05, 4.69) is 28.4 Å². The van der Waals surface area contributed by atoms with Crippen molar-refractivity contribution in [2.75, 3.05) is 32.2 Å². The summed E-state index contributed by atoms with van der Waals surface area (Å²) >= 11 is 3.87. The standard InChI is InChI=1S/C21H26N2O2S2/c1-23(2)14-17-8-4-3-7-16(17)13-22-20(24)15-25-19-10-6-5-9-18(19)21-26-11-12-27-21/h3-10,21H,11-15H2,1-2H3,(H,22,24). The molecule has 1 aliphatic rings. The summed E-state index contributed by atoms with van der Waals surface area (Å²) in [6.07, 6.45) is 0. The van der Waals surface area contributed by atoms with Crippen LogP contribution < -0.4 is 10.1 Å². The lowest BCUT2D eigenvalue weighted by atomic mass is 10.1. The molecular formula is C21H26N2O2S2. The van der Waals surface area contributed by atoms with Gasteiger partial charge in [-0.25, -0.2) is 0 Å². The van der Waals surface area contributed by atoms with Crippen molar-refractivity contribution in [3.8, 4) is 5.75 Å². The Morgan fingerprint density at radius 1 is 1.07 bits per heavy atom. The van der Waals surface area contributed by atoms with Crippen LogP contribution in [-0.2, 0) is 17.9 Å². The zero-order chi connectivity index (χ0) is 19.1. The predicted octanol–water partition coefficient (Wildman–Crippen LogP) is 3.92. The fraction of sp³-hybridized carbons (Fsp3) is 0.381. The highest BCUT2D eigenvalue weighted by atomic mass is 32.2. The van der Waals surface area contributed by atoms with E-state index in [4.69, 9.17) is 4.74 Å². The number of ether oxygens (including phenoxy) is 1. The van der Waals surface area contributed by atoms with Gasteiger partial charge in [0.15, 0.2) is 6.61 Å². The fourth-order valence-electron chi connectivity index (χ4n) is 2.96. The number of benzene rings is 2. The molecular weight excluding hydrogens is 376 g/mol. The number of thioether (sulfide) groups is 2. The first-order valence-corrected chi connectivity index (χ1v) is 11.2. The zero-order valence-electron chi connectivity index (χ0n) is 15.8. The van der Waals surface area contributed by atoms with Crippen LogP contribution in [0, 0.1) is 0 Å². The number of amides is 1. The normalized spacial score (nSPS) is 14.5. The van der Waals surface area contributed by atoms with E-state index in [0.29, 0.717) is 11.1 Å². The number of hydrogen-bond acceptors (Lipinski definition) is 5. The zero-order valence-corrected chi connectivity index (χ0v) is 17.4. The Balaban J connectivity index is 1.54. The number of carbonyl (C=O) groups excluding carboxylic acids is 1. The molecule has 0 atom stereocenters. The first-order valence-electron chi connectivity index (χ1n) is 9.06. The van der Waals surface area contributed by atoms with Gasteiger partial charge >= 0.3 is 0 Å². The second-order valence-electron chi connectivity index (χ2n) is 6.68. The summed E-state index contributed by atoms with van der Waals surface area (Å²) in [7, 11) is 4.09. The smallest absolute Gasteiger partial charge is 0.258 e. The van der Waals surface area contributed by atoms with Gasteiger partial charge in [0, 0.05) is 30.2 Å². The highest BCUT2D eigenvalue weighted by Crippen LogP contribution is 2.48. The number of nitrogens with one attached hydrogen (secondary N) is 1. The van der Waals surface area contributed by atoms with Gasteiger partial charge in [-0.2, -0.15) is 0 Å². The molecule has 144 valence electrons. The van der Waals surface area contributed by atoms with Gasteiger partial charge in [0.25, 0.3) is 5.91 Å². The molecule has 0 bridgehead atoms. The summed E-state index contributed by atoms with van der Waals surface area (Å²) in [5.74, 6) is 3.04. The molecule has 0 unspecified atom stereocenters. The van der Waals surface area contributed by atoms with Crippen molar-refractivity contribution >= 4 is 29.4 Å². The highest BCUT2D eigenvalue weighted by molar-refractivity contribution is 8.19. The van der Waals surface area contributed by atoms with E-state index in [1.165, 1.54) is 11.1 Å². The predicted molar refractivity (Wildman–Crippen MR) is 115 cm³/mol. The van der Waals surface area contributed by atoms with Crippen molar-refractivity contribution < 1.29 is 9.53 Å². The van der Waals surface area contributed by atoms with Crippen LogP contribution in [-0.4, -0.2) is 43.0 Å². The maximum Gasteiger partial charge on any atom is 0.258 e. The Hall–Kier alpha value is -1.63. The van der Waals surface area contributed by atoms with Crippen molar-refractivity contribution in [2.45, 2.75) is 17.7 Å². The van der Waals surface area contributed by atoms with Crippen molar-refractivity contribution in [3.63, 3.8) is 0 Å². The Bertz CT molecular complexity index is 761. The van der Waals surface area contributed by atoms with Gasteiger partial charge in [0.05, 0.1) is 4.58 Å². The largest absolute Gasteiger partial charge is 0.483 e. The molecule has 0 saturated carbocycles. The first kappa shape index (κ1) is 20.1. The second-order valence-corrected chi connectivity index (χ2v) is 9.41. The van der Waals surface area contributed by atoms with E-state index in [9.17, 15) is 4.79 Å². The van der Waals surface area contributed by atoms with Crippen molar-refractivity contribution in [2.24, 2.45) is 0 Å². The molecule has 4 nitrogen and oxygen atoms in total. The molecule has 27 heavy (non-hydrogen) atoms. The van der Waals surface area contributed by atoms with Gasteiger partial charge < -0.3 is 15.0 Å². The third-order valence-corrected chi connectivity index (χ3v) is 7.30. The van der Waals surface area contributed by atoms with E-state index in [0.717, 1.165) is 29.4 Å². The molecule has 1 amide bonds. The van der Waals surface area contributed by atoms with Crippen LogP contribution in [0.5, 0.6) is 5.75 Å². The molecule has 0 aliphatic carbocycles. The summed E-state index contributed by atoms with van der Waals surface area (Å²) in [5.41, 5.74) is 3.54. The number of hydrogen-bond donors (Lipinski definition) is 1. The van der Waals surface area contributed by atoms with Gasteiger partial charge in [-0.15, -0.1) is 23.5 Å². The Morgan fingerprint density at radius 2 is 1.74 bits per heavy atom. The maximum atomic E-state index is 12.3. The Labute approximate surface area is 170 Å². The first-order chi connectivity index (χ1) is 13.1. The SMILES string of the molecule is CN(C)Cc1ccccc1CNC(=O)COc1ccccc1C1SCCS1. The monoisotopic (exact) mass is 402 g/mol. The highest BCUT2D eigenvalue weighted by Gasteiger charge is 2.21. The van der Waals surface area contributed by atoms with E-state index in [-0.39, 0.29) is 12.5 Å². The second kappa shape index (κ2) is 10.1. The minimum atomic E-state index is -0.101. The van der Waals surface area contributed by atoms with Crippen LogP contribution in [0.3, 0.4) is 0 Å². The summed E-state index contributed by atoms with van der Waals surface area (Å²) in [6, 6.07) is 16.2. The lowest BCUT2D eigenvalue weighted by molar-refractivity contribution is -0.123. The summed E-state index contributed by atoms with van der Waals surface area (Å²) < 4.78 is 6.25. The molecule has 2 aromatic carbocycles. The van der Waals surface area contributed by atoms with Crippen LogP contribution in [0.2, 0.25) is 0 Å². The lowest BCUT2D eigenvalue weighted by Crippen LogP contribution is -2.29. The minimum absolute atomic E-state index is 0.0366. The van der Waals surface area contributed by atoms with Gasteiger partial charge in [0.2, 0.25) is 0 Å². The third kappa shape index (κ3) is 5.92. The van der Waals surface area contributed by atoms with Crippen LogP contribution in [0.25, 0.3) is 0 Å². The topological polar surface area (TPSA) is 41.6 Å². The average Bonchev–Trinajstić information content (AvgIpc) is 3.20. The Kier molecular flexibility index (Phi) is 7.50. The van der Waals surface area contributed by atoms with Crippen molar-refractivity contribution in [1.29, 1.82) is 0 Å². The molecule has 1 aliphatic heterocycles. The lowest BCUT2D eigenvalue weighted by Gasteiger charge is -2.16. The molecule has 0 radical (unpaired) electrons. The minimum Gasteiger partial charge on any atom is -0.483 e. The van der Waals surface area contributed by atoms with E-state index in [1.807, 2.05) is 68.0 Å². The molecule has 3 rings (SSSR count). The molecule has 1 N–H and O–H groups in total. The molecule has 2 aromatic rings. The van der Waals surface area contributed by atoms with Gasteiger partial charge in [0.1, 0.15) is 5.75 Å². The van der Waals surface area contributed by atoms with Crippen molar-refractivity contribution in [1.82, 2.24) is 10.2 Å². The maximum absolute atomic E-state index is 12.3. The number of rotatable bonds is 8. The van der Waals surface area contributed by atoms with Crippen LogP contribution >= 0.6 is 23.5 Å². The molecule has 0 aromatic heterocycles. The quantitative estimate of drug-likeness (QED) is 0.725.